The van der Waals surface area contributed by atoms with Crippen LogP contribution in [0.2, 0.25) is 0 Å². The molecule has 1 amide bonds. The van der Waals surface area contributed by atoms with Crippen LogP contribution in [0.25, 0.3) is 11.1 Å². The maximum absolute atomic E-state index is 12.2. The van der Waals surface area contributed by atoms with Crippen LogP contribution in [0.5, 0.6) is 0 Å². The lowest BCUT2D eigenvalue weighted by molar-refractivity contribution is 0.0129. The van der Waals surface area contributed by atoms with E-state index in [9.17, 15) is 19.8 Å². The van der Waals surface area contributed by atoms with Crippen molar-refractivity contribution < 1.29 is 29.0 Å². The number of hydrogen-bond acceptors (Lipinski definition) is 6. The second-order valence-electron chi connectivity index (χ2n) is 7.41. The summed E-state index contributed by atoms with van der Waals surface area (Å²) >= 11 is 0. The van der Waals surface area contributed by atoms with E-state index < -0.39 is 18.3 Å². The molecule has 1 aromatic heterocycles. The van der Waals surface area contributed by atoms with Gasteiger partial charge in [0.2, 0.25) is 0 Å². The molecule has 0 bridgehead atoms. The monoisotopic (exact) mass is 421 g/mol. The summed E-state index contributed by atoms with van der Waals surface area (Å²) < 4.78 is 10.4. The highest BCUT2D eigenvalue weighted by molar-refractivity contribution is 5.79. The Hall–Kier alpha value is -3.42. The SMILES string of the molecule is O=Cc1occc1C(O)C(O)CCNC(=O)OCC1c2ccccc2-c2ccccc21. The fourth-order valence-electron chi connectivity index (χ4n) is 4.01. The van der Waals surface area contributed by atoms with Crippen molar-refractivity contribution in [2.45, 2.75) is 24.5 Å². The second kappa shape index (κ2) is 9.16. The van der Waals surface area contributed by atoms with Gasteiger partial charge in [0.05, 0.1) is 12.4 Å². The van der Waals surface area contributed by atoms with E-state index in [1.54, 1.807) is 0 Å². The topological polar surface area (TPSA) is 109 Å². The number of alkyl carbamates (subject to hydrolysis) is 1. The molecule has 0 saturated carbocycles. The number of amides is 1. The predicted molar refractivity (Wildman–Crippen MR) is 113 cm³/mol. The summed E-state index contributed by atoms with van der Waals surface area (Å²) in [5.41, 5.74) is 4.77. The first kappa shape index (κ1) is 20.8. The average Bonchev–Trinajstić information content (AvgIpc) is 3.40. The molecular formula is C24H23NO6. The number of furan rings is 1. The number of ether oxygens (including phenoxy) is 1. The number of carbonyl (C=O) groups excluding carboxylic acids is 2. The number of aliphatic hydroxyl groups is 2. The molecule has 160 valence electrons. The number of nitrogens with one attached hydrogen (secondary N) is 1. The van der Waals surface area contributed by atoms with Crippen molar-refractivity contribution in [1.29, 1.82) is 0 Å². The molecule has 0 radical (unpaired) electrons. The summed E-state index contributed by atoms with van der Waals surface area (Å²) in [4.78, 5) is 23.1. The highest BCUT2D eigenvalue weighted by atomic mass is 16.5. The Morgan fingerprint density at radius 1 is 1.06 bits per heavy atom. The minimum absolute atomic E-state index is 0.0314. The molecule has 31 heavy (non-hydrogen) atoms. The van der Waals surface area contributed by atoms with Crippen LogP contribution in [0, 0.1) is 0 Å². The summed E-state index contributed by atoms with van der Waals surface area (Å²) in [5, 5.41) is 22.9. The van der Waals surface area contributed by atoms with Gasteiger partial charge in [-0.1, -0.05) is 48.5 Å². The van der Waals surface area contributed by atoms with E-state index in [0.717, 1.165) is 22.3 Å². The van der Waals surface area contributed by atoms with Gasteiger partial charge in [-0.05, 0) is 34.7 Å². The number of aldehydes is 1. The molecule has 0 spiro atoms. The van der Waals surface area contributed by atoms with E-state index in [4.69, 9.17) is 9.15 Å². The number of hydrogen-bond donors (Lipinski definition) is 3. The summed E-state index contributed by atoms with van der Waals surface area (Å²) in [6, 6.07) is 17.6. The van der Waals surface area contributed by atoms with Gasteiger partial charge in [-0.25, -0.2) is 4.79 Å². The third-order valence-electron chi connectivity index (χ3n) is 5.57. The molecule has 2 aromatic carbocycles. The molecule has 0 fully saturated rings. The largest absolute Gasteiger partial charge is 0.461 e. The number of fused-ring (bicyclic) bond motifs is 3. The number of benzene rings is 2. The third-order valence-corrected chi connectivity index (χ3v) is 5.57. The minimum atomic E-state index is -1.29. The Morgan fingerprint density at radius 3 is 2.35 bits per heavy atom. The van der Waals surface area contributed by atoms with Gasteiger partial charge in [-0.15, -0.1) is 0 Å². The molecule has 0 saturated heterocycles. The van der Waals surface area contributed by atoms with Crippen LogP contribution in [-0.4, -0.2) is 41.8 Å². The smallest absolute Gasteiger partial charge is 0.407 e. The van der Waals surface area contributed by atoms with Gasteiger partial charge in [-0.3, -0.25) is 4.79 Å². The lowest BCUT2D eigenvalue weighted by atomic mass is 9.98. The van der Waals surface area contributed by atoms with Crippen molar-refractivity contribution >= 4 is 12.4 Å². The van der Waals surface area contributed by atoms with E-state index in [1.165, 1.54) is 12.3 Å². The molecule has 4 rings (SSSR count). The highest BCUT2D eigenvalue weighted by Crippen LogP contribution is 2.44. The zero-order chi connectivity index (χ0) is 21.8. The fraction of sp³-hybridized carbons (Fsp3) is 0.250. The second-order valence-corrected chi connectivity index (χ2v) is 7.41. The van der Waals surface area contributed by atoms with Crippen LogP contribution in [0.1, 0.15) is 45.7 Å². The molecule has 0 aliphatic heterocycles. The van der Waals surface area contributed by atoms with Gasteiger partial charge in [0, 0.05) is 18.0 Å². The van der Waals surface area contributed by atoms with Gasteiger partial charge in [0.1, 0.15) is 12.7 Å². The zero-order valence-electron chi connectivity index (χ0n) is 16.7. The maximum atomic E-state index is 12.2. The molecule has 1 heterocycles. The Balaban J connectivity index is 1.29. The van der Waals surface area contributed by atoms with Crippen LogP contribution < -0.4 is 5.32 Å². The molecule has 1 aliphatic carbocycles. The Labute approximate surface area is 179 Å². The average molecular weight is 421 g/mol. The quantitative estimate of drug-likeness (QED) is 0.481. The zero-order valence-corrected chi connectivity index (χ0v) is 16.7. The van der Waals surface area contributed by atoms with Crippen LogP contribution in [0.15, 0.2) is 65.3 Å². The molecule has 2 unspecified atom stereocenters. The number of carbonyl (C=O) groups is 2. The summed E-state index contributed by atoms with van der Waals surface area (Å²) in [6.45, 7) is 0.298. The van der Waals surface area contributed by atoms with E-state index in [-0.39, 0.29) is 36.8 Å². The predicted octanol–water partition coefficient (Wildman–Crippen LogP) is 3.42. The van der Waals surface area contributed by atoms with E-state index >= 15 is 0 Å². The van der Waals surface area contributed by atoms with Crippen molar-refractivity contribution in [3.05, 3.63) is 83.3 Å². The van der Waals surface area contributed by atoms with E-state index in [2.05, 4.69) is 17.4 Å². The standard InChI is InChI=1S/C24H23NO6/c26-13-22-19(10-12-30-22)23(28)21(27)9-11-25-24(29)31-14-20-17-7-3-1-5-15(17)16-6-2-4-8-18(16)20/h1-8,10,12-13,20-21,23,27-28H,9,11,14H2,(H,25,29). The highest BCUT2D eigenvalue weighted by Gasteiger charge is 2.29. The fourth-order valence-corrected chi connectivity index (χ4v) is 4.01. The number of aliphatic hydroxyl groups excluding tert-OH is 2. The van der Waals surface area contributed by atoms with Crippen molar-refractivity contribution in [2.75, 3.05) is 13.2 Å². The normalized spacial score (nSPS) is 14.4. The van der Waals surface area contributed by atoms with Crippen LogP contribution in [0.3, 0.4) is 0 Å². The van der Waals surface area contributed by atoms with Gasteiger partial charge in [-0.2, -0.15) is 0 Å². The number of rotatable bonds is 8. The van der Waals surface area contributed by atoms with Crippen LogP contribution in [-0.2, 0) is 4.74 Å². The lowest BCUT2D eigenvalue weighted by Crippen LogP contribution is -2.30. The van der Waals surface area contributed by atoms with Gasteiger partial charge < -0.3 is 24.7 Å². The maximum Gasteiger partial charge on any atom is 0.407 e. The van der Waals surface area contributed by atoms with E-state index in [1.807, 2.05) is 36.4 Å². The van der Waals surface area contributed by atoms with Crippen molar-refractivity contribution in [3.63, 3.8) is 0 Å². The Morgan fingerprint density at radius 2 is 1.71 bits per heavy atom. The van der Waals surface area contributed by atoms with Gasteiger partial charge >= 0.3 is 6.09 Å². The molecule has 3 N–H and O–H groups in total. The molecular weight excluding hydrogens is 398 g/mol. The Bertz CT molecular complexity index is 1030. The first-order valence-electron chi connectivity index (χ1n) is 10.1. The summed E-state index contributed by atoms with van der Waals surface area (Å²) in [7, 11) is 0. The van der Waals surface area contributed by atoms with Crippen LogP contribution in [0.4, 0.5) is 4.79 Å². The molecule has 7 nitrogen and oxygen atoms in total. The molecule has 7 heteroatoms. The minimum Gasteiger partial charge on any atom is -0.461 e. The van der Waals surface area contributed by atoms with Crippen molar-refractivity contribution in [1.82, 2.24) is 5.32 Å². The Kier molecular flexibility index (Phi) is 6.16. The van der Waals surface area contributed by atoms with Crippen molar-refractivity contribution in [2.24, 2.45) is 0 Å². The lowest BCUT2D eigenvalue weighted by Gasteiger charge is -2.18. The van der Waals surface area contributed by atoms with E-state index in [0.29, 0.717) is 6.29 Å². The molecule has 3 aromatic rings. The third kappa shape index (κ3) is 4.23. The summed E-state index contributed by atoms with van der Waals surface area (Å²) in [5.74, 6) is -0.0653. The van der Waals surface area contributed by atoms with Gasteiger partial charge in [0.25, 0.3) is 0 Å². The molecule has 1 aliphatic rings. The first-order chi connectivity index (χ1) is 15.1. The van der Waals surface area contributed by atoms with Crippen LogP contribution >= 0.6 is 0 Å². The first-order valence-corrected chi connectivity index (χ1v) is 10.1. The summed E-state index contributed by atoms with van der Waals surface area (Å²) in [6.07, 6.45) is -1.24. The van der Waals surface area contributed by atoms with Crippen molar-refractivity contribution in [3.8, 4) is 11.1 Å². The van der Waals surface area contributed by atoms with Gasteiger partial charge in [0.15, 0.2) is 12.0 Å². The molecule has 2 atom stereocenters.